The summed E-state index contributed by atoms with van der Waals surface area (Å²) in [5.41, 5.74) is 0.544. The number of nitrogens with one attached hydrogen (secondary N) is 2. The second-order valence-electron chi connectivity index (χ2n) is 6.56. The molecule has 0 spiro atoms. The zero-order valence-electron chi connectivity index (χ0n) is 16.0. The number of rotatable bonds is 4. The Balaban J connectivity index is 1.79. The number of nitrogens with zero attached hydrogens (tertiary/aromatic N) is 2. The summed E-state index contributed by atoms with van der Waals surface area (Å²) in [5.74, 6) is -1.76. The molecule has 0 aliphatic rings. The van der Waals surface area contributed by atoms with Crippen LogP contribution in [0.3, 0.4) is 0 Å². The summed E-state index contributed by atoms with van der Waals surface area (Å²) >= 11 is 6.87. The highest BCUT2D eigenvalue weighted by atomic mass is 35.5. The highest BCUT2D eigenvalue weighted by molar-refractivity contribution is 7.19. The molecule has 2 heterocycles. The van der Waals surface area contributed by atoms with Crippen LogP contribution in [0.2, 0.25) is 5.02 Å². The molecular weight excluding hydrogens is 443 g/mol. The summed E-state index contributed by atoms with van der Waals surface area (Å²) in [7, 11) is 0. The number of fused-ring (bicyclic) bond motifs is 1. The van der Waals surface area contributed by atoms with Crippen LogP contribution in [0.1, 0.15) is 25.9 Å². The van der Waals surface area contributed by atoms with Gasteiger partial charge in [-0.1, -0.05) is 29.0 Å². The molecule has 2 N–H and O–H groups in total. The molecule has 156 valence electrons. The van der Waals surface area contributed by atoms with E-state index in [0.717, 1.165) is 15.7 Å². The van der Waals surface area contributed by atoms with Gasteiger partial charge in [0.2, 0.25) is 0 Å². The van der Waals surface area contributed by atoms with Crippen LogP contribution in [0.15, 0.2) is 59.4 Å². The number of aromatic nitrogens is 2. The molecule has 7 nitrogen and oxygen atoms in total. The van der Waals surface area contributed by atoms with E-state index >= 15 is 0 Å². The second kappa shape index (κ2) is 8.29. The summed E-state index contributed by atoms with van der Waals surface area (Å²) < 4.78 is 14.2. The van der Waals surface area contributed by atoms with Gasteiger partial charge in [-0.25, -0.2) is 13.8 Å². The smallest absolute Gasteiger partial charge is 0.274 e. The molecule has 0 radical (unpaired) electrons. The van der Waals surface area contributed by atoms with E-state index in [1.165, 1.54) is 36.4 Å². The molecule has 0 aliphatic heterocycles. The first-order valence-corrected chi connectivity index (χ1v) is 10.2. The van der Waals surface area contributed by atoms with Crippen molar-refractivity contribution < 1.29 is 14.0 Å². The van der Waals surface area contributed by atoms with Crippen molar-refractivity contribution in [2.24, 2.45) is 0 Å². The van der Waals surface area contributed by atoms with E-state index in [-0.39, 0.29) is 15.5 Å². The Morgan fingerprint density at radius 1 is 1.03 bits per heavy atom. The molecular formula is C21H14ClFN4O3S. The van der Waals surface area contributed by atoms with Crippen LogP contribution >= 0.6 is 22.9 Å². The summed E-state index contributed by atoms with van der Waals surface area (Å²) in [6, 6.07) is 12.9. The molecule has 0 unspecified atom stereocenters. The first kappa shape index (κ1) is 20.7. The molecule has 2 aromatic heterocycles. The van der Waals surface area contributed by atoms with Gasteiger partial charge in [-0.3, -0.25) is 14.4 Å². The van der Waals surface area contributed by atoms with Gasteiger partial charge < -0.3 is 10.6 Å². The first-order valence-electron chi connectivity index (χ1n) is 8.99. The normalized spacial score (nSPS) is 10.8. The van der Waals surface area contributed by atoms with E-state index in [1.54, 1.807) is 25.1 Å². The van der Waals surface area contributed by atoms with Crippen molar-refractivity contribution in [2.75, 3.05) is 10.6 Å². The maximum Gasteiger partial charge on any atom is 0.274 e. The molecule has 0 bridgehead atoms. The zero-order valence-corrected chi connectivity index (χ0v) is 17.6. The van der Waals surface area contributed by atoms with Crippen LogP contribution < -0.4 is 16.2 Å². The van der Waals surface area contributed by atoms with Crippen molar-refractivity contribution in [1.29, 1.82) is 0 Å². The molecule has 0 atom stereocenters. The van der Waals surface area contributed by atoms with E-state index < -0.39 is 23.2 Å². The van der Waals surface area contributed by atoms with Gasteiger partial charge in [-0.05, 0) is 49.4 Å². The molecule has 10 heteroatoms. The van der Waals surface area contributed by atoms with Crippen molar-refractivity contribution >= 4 is 51.1 Å². The number of carbonyl (C=O) groups excluding carboxylic acids is 2. The number of benzene rings is 2. The third-order valence-corrected chi connectivity index (χ3v) is 5.53. The highest BCUT2D eigenvalue weighted by Crippen LogP contribution is 2.24. The predicted molar refractivity (Wildman–Crippen MR) is 118 cm³/mol. The molecule has 4 rings (SSSR count). The number of aryl methyl sites for hydroxylation is 1. The minimum atomic E-state index is -0.675. The van der Waals surface area contributed by atoms with Crippen molar-refractivity contribution in [3.63, 3.8) is 0 Å². The van der Waals surface area contributed by atoms with Gasteiger partial charge >= 0.3 is 0 Å². The van der Waals surface area contributed by atoms with Gasteiger partial charge in [0.1, 0.15) is 16.4 Å². The van der Waals surface area contributed by atoms with Crippen LogP contribution in [0.5, 0.6) is 0 Å². The monoisotopic (exact) mass is 456 g/mol. The molecule has 2 aromatic carbocycles. The van der Waals surface area contributed by atoms with Gasteiger partial charge in [0.15, 0.2) is 4.96 Å². The Hall–Kier alpha value is -3.56. The van der Waals surface area contributed by atoms with Gasteiger partial charge in [-0.2, -0.15) is 0 Å². The van der Waals surface area contributed by atoms with E-state index in [0.29, 0.717) is 22.1 Å². The number of halogens is 2. The zero-order chi connectivity index (χ0) is 22.1. The Morgan fingerprint density at radius 3 is 2.45 bits per heavy atom. The van der Waals surface area contributed by atoms with Gasteiger partial charge in [0, 0.05) is 28.2 Å². The summed E-state index contributed by atoms with van der Waals surface area (Å²) in [6.45, 7) is 1.64. The van der Waals surface area contributed by atoms with Gasteiger partial charge in [0.05, 0.1) is 0 Å². The minimum Gasteiger partial charge on any atom is -0.321 e. The predicted octanol–water partition coefficient (Wildman–Crippen LogP) is 4.36. The third-order valence-electron chi connectivity index (χ3n) is 4.25. The lowest BCUT2D eigenvalue weighted by Crippen LogP contribution is -2.25. The van der Waals surface area contributed by atoms with Crippen LogP contribution in [0, 0.1) is 12.7 Å². The molecule has 0 fully saturated rings. The average Bonchev–Trinajstić information content (AvgIpc) is 3.10. The Kier molecular flexibility index (Phi) is 5.53. The number of hydrogen-bond donors (Lipinski definition) is 2. The first-order chi connectivity index (χ1) is 14.8. The number of carbonyl (C=O) groups is 2. The van der Waals surface area contributed by atoms with Crippen LogP contribution in [0.4, 0.5) is 15.8 Å². The van der Waals surface area contributed by atoms with Crippen molar-refractivity contribution in [1.82, 2.24) is 9.38 Å². The number of hydrogen-bond acceptors (Lipinski definition) is 5. The Labute approximate surface area is 184 Å². The fourth-order valence-corrected chi connectivity index (χ4v) is 4.18. The average molecular weight is 457 g/mol. The van der Waals surface area contributed by atoms with E-state index in [4.69, 9.17) is 11.6 Å². The fourth-order valence-electron chi connectivity index (χ4n) is 2.92. The Bertz CT molecular complexity index is 1380. The standard InChI is InChI=1S/C21H14ClFN4O3S/c1-11-9-16(28)27-17(19(29)26-15-4-2-3-12(22)10-15)18(31-21(27)24-11)20(30)25-14-7-5-13(23)6-8-14/h2-10H,1H3,(H,25,30)(H,26,29). The van der Waals surface area contributed by atoms with E-state index in [2.05, 4.69) is 15.6 Å². The van der Waals surface area contributed by atoms with Crippen LogP contribution in [-0.2, 0) is 0 Å². The van der Waals surface area contributed by atoms with Gasteiger partial charge in [0.25, 0.3) is 17.4 Å². The quantitative estimate of drug-likeness (QED) is 0.477. The SMILES string of the molecule is Cc1cc(=O)n2c(C(=O)Nc3cccc(Cl)c3)c(C(=O)Nc3ccc(F)cc3)sc2n1. The maximum absolute atomic E-state index is 13.2. The fraction of sp³-hybridized carbons (Fsp3) is 0.0476. The molecule has 0 aliphatic carbocycles. The van der Waals surface area contributed by atoms with Crippen molar-refractivity contribution in [3.8, 4) is 0 Å². The van der Waals surface area contributed by atoms with Crippen molar-refractivity contribution in [3.05, 3.63) is 92.1 Å². The second-order valence-corrected chi connectivity index (χ2v) is 7.97. The summed E-state index contributed by atoms with van der Waals surface area (Å²) in [6.07, 6.45) is 0. The molecule has 4 aromatic rings. The van der Waals surface area contributed by atoms with Crippen LogP contribution in [-0.4, -0.2) is 21.2 Å². The van der Waals surface area contributed by atoms with E-state index in [9.17, 15) is 18.8 Å². The molecule has 2 amide bonds. The van der Waals surface area contributed by atoms with Crippen LogP contribution in [0.25, 0.3) is 4.96 Å². The lowest BCUT2D eigenvalue weighted by atomic mass is 10.2. The highest BCUT2D eigenvalue weighted by Gasteiger charge is 2.26. The molecule has 0 saturated heterocycles. The number of thiazole rings is 1. The van der Waals surface area contributed by atoms with E-state index in [1.807, 2.05) is 0 Å². The number of anilines is 2. The Morgan fingerprint density at radius 2 is 1.74 bits per heavy atom. The molecule has 31 heavy (non-hydrogen) atoms. The third kappa shape index (κ3) is 4.32. The molecule has 0 saturated carbocycles. The lowest BCUT2D eigenvalue weighted by molar-refractivity contribution is 0.0989. The largest absolute Gasteiger partial charge is 0.321 e. The van der Waals surface area contributed by atoms with Gasteiger partial charge in [-0.15, -0.1) is 0 Å². The lowest BCUT2D eigenvalue weighted by Gasteiger charge is -2.08. The summed E-state index contributed by atoms with van der Waals surface area (Å²) in [5, 5.41) is 5.67. The number of amides is 2. The minimum absolute atomic E-state index is 0.0148. The summed E-state index contributed by atoms with van der Waals surface area (Å²) in [4.78, 5) is 43.1. The maximum atomic E-state index is 13.2. The van der Waals surface area contributed by atoms with Crippen molar-refractivity contribution in [2.45, 2.75) is 6.92 Å². The topological polar surface area (TPSA) is 92.6 Å².